The summed E-state index contributed by atoms with van der Waals surface area (Å²) in [6, 6.07) is 0.505. The van der Waals surface area contributed by atoms with Crippen LogP contribution < -0.4 is 11.1 Å². The summed E-state index contributed by atoms with van der Waals surface area (Å²) in [4.78, 5) is 4.45. The lowest BCUT2D eigenvalue weighted by atomic mass is 9.72. The Morgan fingerprint density at radius 1 is 1.28 bits per heavy atom. The number of guanidine groups is 1. The van der Waals surface area contributed by atoms with Crippen LogP contribution in [0.3, 0.4) is 0 Å². The number of halogens is 1. The second kappa shape index (κ2) is 6.41. The molecule has 3 fully saturated rings. The van der Waals surface area contributed by atoms with Crippen molar-refractivity contribution in [2.24, 2.45) is 22.6 Å². The molecule has 3 rings (SSSR count). The van der Waals surface area contributed by atoms with Gasteiger partial charge in [-0.2, -0.15) is 0 Å². The molecule has 0 radical (unpaired) electrons. The van der Waals surface area contributed by atoms with Crippen LogP contribution in [0.1, 0.15) is 38.5 Å². The fraction of sp³-hybridized carbons (Fsp3) is 0.923. The zero-order chi connectivity index (χ0) is 11.7. The maximum Gasteiger partial charge on any atom is 0.188 e. The first-order valence-electron chi connectivity index (χ1n) is 7.01. The van der Waals surface area contributed by atoms with E-state index in [4.69, 9.17) is 10.5 Å². The monoisotopic (exact) mass is 365 g/mol. The Bertz CT molecular complexity index is 307. The summed E-state index contributed by atoms with van der Waals surface area (Å²) in [6.07, 6.45) is 8.09. The summed E-state index contributed by atoms with van der Waals surface area (Å²) in [6.45, 7) is 1.86. The molecule has 3 aliphatic rings. The summed E-state index contributed by atoms with van der Waals surface area (Å²) >= 11 is 0. The average Bonchev–Trinajstić information content (AvgIpc) is 2.24. The molecule has 0 aromatic heterocycles. The van der Waals surface area contributed by atoms with E-state index in [2.05, 4.69) is 10.3 Å². The van der Waals surface area contributed by atoms with E-state index >= 15 is 0 Å². The number of rotatable bonds is 3. The minimum Gasteiger partial charge on any atom is -0.378 e. The molecular formula is C13H24IN3O. The van der Waals surface area contributed by atoms with Crippen LogP contribution in [0, 0.1) is 11.8 Å². The standard InChI is InChI=1S/C13H23N3O.HI/c14-13(15-8-9-3-1-4-9)16-11-7-12-10(11)5-2-6-17-12;/h9-12H,1-8H2,(H3,14,15,16);1H. The van der Waals surface area contributed by atoms with Crippen LogP contribution in [0.25, 0.3) is 0 Å². The third-order valence-electron chi connectivity index (χ3n) is 4.57. The van der Waals surface area contributed by atoms with E-state index in [1.807, 2.05) is 0 Å². The lowest BCUT2D eigenvalue weighted by molar-refractivity contribution is -0.0989. The van der Waals surface area contributed by atoms with Crippen LogP contribution in [0.5, 0.6) is 0 Å². The largest absolute Gasteiger partial charge is 0.378 e. The molecule has 3 unspecified atom stereocenters. The summed E-state index contributed by atoms with van der Waals surface area (Å²) in [5, 5.41) is 3.37. The van der Waals surface area contributed by atoms with Gasteiger partial charge in [-0.3, -0.25) is 4.99 Å². The number of hydrogen-bond acceptors (Lipinski definition) is 2. The van der Waals surface area contributed by atoms with Crippen LogP contribution in [0.4, 0.5) is 0 Å². The van der Waals surface area contributed by atoms with E-state index in [-0.39, 0.29) is 24.0 Å². The molecule has 1 saturated heterocycles. The molecule has 0 spiro atoms. The Hall–Kier alpha value is -0.0400. The number of nitrogens with zero attached hydrogens (tertiary/aromatic N) is 1. The van der Waals surface area contributed by atoms with Gasteiger partial charge >= 0.3 is 0 Å². The van der Waals surface area contributed by atoms with Gasteiger partial charge in [-0.05, 0) is 38.0 Å². The van der Waals surface area contributed by atoms with Gasteiger partial charge in [-0.15, -0.1) is 24.0 Å². The first kappa shape index (κ1) is 14.4. The van der Waals surface area contributed by atoms with Crippen LogP contribution in [0.15, 0.2) is 4.99 Å². The molecule has 1 heterocycles. The van der Waals surface area contributed by atoms with Crippen molar-refractivity contribution in [3.8, 4) is 0 Å². The van der Waals surface area contributed by atoms with Crippen molar-refractivity contribution in [3.05, 3.63) is 0 Å². The van der Waals surface area contributed by atoms with E-state index in [9.17, 15) is 0 Å². The molecule has 3 N–H and O–H groups in total. The summed E-state index contributed by atoms with van der Waals surface area (Å²) in [5.41, 5.74) is 5.93. The van der Waals surface area contributed by atoms with Gasteiger partial charge in [0.15, 0.2) is 5.96 Å². The highest BCUT2D eigenvalue weighted by Crippen LogP contribution is 2.37. The molecule has 0 amide bonds. The highest BCUT2D eigenvalue weighted by atomic mass is 127. The van der Waals surface area contributed by atoms with Crippen molar-refractivity contribution in [1.82, 2.24) is 5.32 Å². The first-order chi connectivity index (χ1) is 8.33. The summed E-state index contributed by atoms with van der Waals surface area (Å²) < 4.78 is 5.69. The highest BCUT2D eigenvalue weighted by molar-refractivity contribution is 14.0. The molecule has 3 atom stereocenters. The molecule has 1 aliphatic heterocycles. The lowest BCUT2D eigenvalue weighted by Gasteiger charge is -2.47. The van der Waals surface area contributed by atoms with Gasteiger partial charge in [-0.25, -0.2) is 0 Å². The minimum absolute atomic E-state index is 0. The molecule has 2 aliphatic carbocycles. The summed E-state index contributed by atoms with van der Waals surface area (Å²) in [7, 11) is 0. The SMILES string of the molecule is I.NC(=NCC1CCC1)NC1CC2OCCCC12. The van der Waals surface area contributed by atoms with Crippen molar-refractivity contribution in [1.29, 1.82) is 0 Å². The smallest absolute Gasteiger partial charge is 0.188 e. The van der Waals surface area contributed by atoms with Crippen molar-refractivity contribution in [3.63, 3.8) is 0 Å². The minimum atomic E-state index is 0. The molecular weight excluding hydrogens is 341 g/mol. The number of ether oxygens (including phenoxy) is 1. The molecule has 5 heteroatoms. The predicted molar refractivity (Wildman–Crippen MR) is 83.3 cm³/mol. The zero-order valence-electron chi connectivity index (χ0n) is 10.8. The Kier molecular flexibility index (Phi) is 5.12. The molecule has 0 aromatic carbocycles. The quantitative estimate of drug-likeness (QED) is 0.456. The molecule has 2 saturated carbocycles. The Morgan fingerprint density at radius 2 is 2.11 bits per heavy atom. The molecule has 0 bridgehead atoms. The Balaban J connectivity index is 0.00000120. The molecule has 4 nitrogen and oxygen atoms in total. The third kappa shape index (κ3) is 3.10. The topological polar surface area (TPSA) is 59.6 Å². The van der Waals surface area contributed by atoms with Gasteiger partial charge in [0, 0.05) is 25.1 Å². The maximum absolute atomic E-state index is 5.93. The van der Waals surface area contributed by atoms with Gasteiger partial charge in [0.05, 0.1) is 6.10 Å². The number of fused-ring (bicyclic) bond motifs is 1. The Morgan fingerprint density at radius 3 is 2.78 bits per heavy atom. The van der Waals surface area contributed by atoms with Gasteiger partial charge in [0.1, 0.15) is 0 Å². The molecule has 18 heavy (non-hydrogen) atoms. The Labute approximate surface area is 126 Å². The maximum atomic E-state index is 5.93. The molecule has 104 valence electrons. The van der Waals surface area contributed by atoms with Gasteiger partial charge in [0.2, 0.25) is 0 Å². The van der Waals surface area contributed by atoms with Crippen molar-refractivity contribution >= 4 is 29.9 Å². The second-order valence-electron chi connectivity index (χ2n) is 5.72. The van der Waals surface area contributed by atoms with Gasteiger partial charge in [0.25, 0.3) is 0 Å². The fourth-order valence-electron chi connectivity index (χ4n) is 3.10. The second-order valence-corrected chi connectivity index (χ2v) is 5.72. The van der Waals surface area contributed by atoms with Crippen LogP contribution in [-0.4, -0.2) is 31.3 Å². The first-order valence-corrected chi connectivity index (χ1v) is 7.01. The average molecular weight is 365 g/mol. The molecule has 0 aromatic rings. The van der Waals surface area contributed by atoms with Crippen LogP contribution >= 0.6 is 24.0 Å². The van der Waals surface area contributed by atoms with Crippen molar-refractivity contribution in [2.75, 3.05) is 13.2 Å². The zero-order valence-corrected chi connectivity index (χ0v) is 13.1. The van der Waals surface area contributed by atoms with E-state index in [0.29, 0.717) is 24.0 Å². The van der Waals surface area contributed by atoms with E-state index in [1.54, 1.807) is 0 Å². The number of aliphatic imine (C=N–C) groups is 1. The van der Waals surface area contributed by atoms with Crippen LogP contribution in [-0.2, 0) is 4.74 Å². The number of hydrogen-bond donors (Lipinski definition) is 2. The van der Waals surface area contributed by atoms with Crippen molar-refractivity contribution in [2.45, 2.75) is 50.7 Å². The van der Waals surface area contributed by atoms with E-state index < -0.39 is 0 Å². The van der Waals surface area contributed by atoms with Gasteiger partial charge in [-0.1, -0.05) is 6.42 Å². The normalized spacial score (nSPS) is 35.8. The van der Waals surface area contributed by atoms with Crippen molar-refractivity contribution < 1.29 is 4.74 Å². The number of nitrogens with one attached hydrogen (secondary N) is 1. The highest BCUT2D eigenvalue weighted by Gasteiger charge is 2.43. The predicted octanol–water partition coefficient (Wildman–Crippen LogP) is 1.88. The van der Waals surface area contributed by atoms with Crippen LogP contribution in [0.2, 0.25) is 0 Å². The third-order valence-corrected chi connectivity index (χ3v) is 4.57. The van der Waals surface area contributed by atoms with Gasteiger partial charge < -0.3 is 15.8 Å². The number of nitrogens with two attached hydrogens (primary N) is 1. The fourth-order valence-corrected chi connectivity index (χ4v) is 3.10. The summed E-state index contributed by atoms with van der Waals surface area (Å²) in [5.74, 6) is 2.11. The van der Waals surface area contributed by atoms with E-state index in [0.717, 1.165) is 25.5 Å². The lowest BCUT2D eigenvalue weighted by Crippen LogP contribution is -2.59. The van der Waals surface area contributed by atoms with E-state index in [1.165, 1.54) is 32.1 Å².